The fourth-order valence-corrected chi connectivity index (χ4v) is 22.3. The zero-order chi connectivity index (χ0) is 80.4. The predicted octanol–water partition coefficient (Wildman–Crippen LogP) is 22.0. The van der Waals surface area contributed by atoms with Gasteiger partial charge in [-0.25, -0.2) is 41.1 Å². The number of rotatable bonds is 7. The number of aromatic nitrogens is 8. The van der Waals surface area contributed by atoms with E-state index in [0.717, 1.165) is 167 Å². The second kappa shape index (κ2) is 28.9. The molecule has 7 aromatic carbocycles. The Labute approximate surface area is 685 Å². The zero-order valence-electron chi connectivity index (χ0n) is 67.0. The molecule has 4 aliphatic heterocycles. The van der Waals surface area contributed by atoms with Gasteiger partial charge in [-0.15, -0.1) is 0 Å². The topological polar surface area (TPSA) is 125 Å². The van der Waals surface area contributed by atoms with E-state index in [1.54, 1.807) is 54.6 Å². The Bertz CT molecular complexity index is 5850. The highest BCUT2D eigenvalue weighted by molar-refractivity contribution is 5.86. The summed E-state index contributed by atoms with van der Waals surface area (Å²) >= 11 is 0. The molecule has 8 aliphatic carbocycles. The van der Waals surface area contributed by atoms with Crippen LogP contribution in [0.1, 0.15) is 179 Å². The molecule has 4 spiro atoms. The van der Waals surface area contributed by atoms with Gasteiger partial charge in [0.05, 0.1) is 101 Å². The summed E-state index contributed by atoms with van der Waals surface area (Å²) in [6, 6.07) is 58.0. The summed E-state index contributed by atoms with van der Waals surface area (Å²) in [6.07, 6.45) is 41.9. The monoisotopic (exact) mass is 1570 g/mol. The maximum Gasteiger partial charge on any atom is 0.331 e. The van der Waals surface area contributed by atoms with Crippen molar-refractivity contribution >= 4 is 41.4 Å². The van der Waals surface area contributed by atoms with Gasteiger partial charge < -0.3 is 18.9 Å². The third kappa shape index (κ3) is 12.5. The molecule has 1 saturated heterocycles. The third-order valence-corrected chi connectivity index (χ3v) is 29.0. The lowest BCUT2D eigenvalue weighted by molar-refractivity contribution is -0.151. The molecule has 4 saturated carbocycles. The standard InChI is InChI=1S/C27H27FN2O.2C27H25FN2O.C20H17FN2O2/c3*1-26-15-20-17-29-30(24-11-9-23(28)10-12-24)25(20)14-22(26)8-5-13-27(26)16-21(18-31-27)19-6-3-2-4-7-19;1-19-11-13-12-22-23(16-4-2-15(21)3-5-16)17(13)10-14(19)6-8-20(19)9-7-18(24)25-20/h2-4,6-7,9-12,14,17,21H,5,8,13,15-16,18H2,1H3;2-4,6-7,9-12,14,17-18H,5,8,13,15-16H2,1H3;2-4,6-7,9-12,14,16-17H,5,8,13,15,18H2,1H3;2-5,7,9-10,12H,6,8,11H2,1H3/t21-,26+,27-;2*26-,27+;19-,20+/m1000/s1. The van der Waals surface area contributed by atoms with Crippen LogP contribution in [0.5, 0.6) is 0 Å². The number of esters is 1. The van der Waals surface area contributed by atoms with Crippen LogP contribution in [0.3, 0.4) is 0 Å². The van der Waals surface area contributed by atoms with Crippen LogP contribution < -0.4 is 0 Å². The molecule has 11 aromatic rings. The molecule has 4 aromatic heterocycles. The van der Waals surface area contributed by atoms with E-state index in [2.05, 4.69) is 169 Å². The number of benzene rings is 7. The minimum atomic E-state index is -0.536. The lowest BCUT2D eigenvalue weighted by Crippen LogP contribution is -2.52. The molecule has 17 heteroatoms. The summed E-state index contributed by atoms with van der Waals surface area (Å²) in [4.78, 5) is 11.7. The molecule has 8 heterocycles. The van der Waals surface area contributed by atoms with Crippen LogP contribution in [0, 0.1) is 44.9 Å². The number of carbonyl (C=O) groups is 1. The van der Waals surface area contributed by atoms with Gasteiger partial charge in [0.1, 0.15) is 34.5 Å². The van der Waals surface area contributed by atoms with Crippen molar-refractivity contribution in [2.75, 3.05) is 13.2 Å². The maximum atomic E-state index is 13.4. The second-order valence-electron chi connectivity index (χ2n) is 35.3. The summed E-state index contributed by atoms with van der Waals surface area (Å²) < 4.78 is 86.8. The summed E-state index contributed by atoms with van der Waals surface area (Å²) in [6.45, 7) is 10.8. The Balaban J connectivity index is 0.000000101. The highest BCUT2D eigenvalue weighted by Gasteiger charge is 2.62. The molecule has 5 fully saturated rings. The van der Waals surface area contributed by atoms with Crippen molar-refractivity contribution in [2.45, 2.75) is 165 Å². The molecule has 596 valence electrons. The highest BCUT2D eigenvalue weighted by Crippen LogP contribution is 2.64. The van der Waals surface area contributed by atoms with Gasteiger partial charge in [0.25, 0.3) is 0 Å². The number of ether oxygens (including phenoxy) is 4. The minimum absolute atomic E-state index is 0.0154. The summed E-state index contributed by atoms with van der Waals surface area (Å²) in [5.41, 5.74) is 23.3. The molecule has 0 unspecified atom stereocenters. The lowest BCUT2D eigenvalue weighted by atomic mass is 9.56. The van der Waals surface area contributed by atoms with E-state index in [1.165, 1.54) is 115 Å². The molecule has 0 radical (unpaired) electrons. The molecule has 0 N–H and O–H groups in total. The van der Waals surface area contributed by atoms with Gasteiger partial charge in [0, 0.05) is 40.1 Å². The van der Waals surface area contributed by atoms with E-state index in [9.17, 15) is 22.4 Å². The van der Waals surface area contributed by atoms with Gasteiger partial charge in [0.15, 0.2) is 0 Å². The first-order valence-electron chi connectivity index (χ1n) is 41.8. The van der Waals surface area contributed by atoms with Gasteiger partial charge in [-0.05, 0) is 286 Å². The summed E-state index contributed by atoms with van der Waals surface area (Å²) in [7, 11) is 0. The average molecular weight is 1580 g/mol. The molecule has 118 heavy (non-hydrogen) atoms. The van der Waals surface area contributed by atoms with Crippen LogP contribution in [0.4, 0.5) is 17.6 Å². The van der Waals surface area contributed by atoms with Crippen molar-refractivity contribution in [3.05, 3.63) is 345 Å². The van der Waals surface area contributed by atoms with Crippen LogP contribution >= 0.6 is 0 Å². The number of hydrogen-bond acceptors (Lipinski definition) is 9. The molecule has 0 amide bonds. The van der Waals surface area contributed by atoms with Crippen LogP contribution in [-0.4, -0.2) is 80.7 Å². The van der Waals surface area contributed by atoms with E-state index >= 15 is 0 Å². The Morgan fingerprint density at radius 2 is 0.788 bits per heavy atom. The van der Waals surface area contributed by atoms with Crippen LogP contribution in [0.25, 0.3) is 58.2 Å². The van der Waals surface area contributed by atoms with Crippen molar-refractivity contribution in [1.29, 1.82) is 0 Å². The van der Waals surface area contributed by atoms with E-state index in [1.807, 2.05) is 55.9 Å². The van der Waals surface area contributed by atoms with Crippen molar-refractivity contribution in [3.63, 3.8) is 0 Å². The van der Waals surface area contributed by atoms with Crippen LogP contribution in [0.15, 0.2) is 260 Å². The molecule has 0 bridgehead atoms. The van der Waals surface area contributed by atoms with E-state index < -0.39 is 5.60 Å². The molecule has 9 atom stereocenters. The molecule has 13 nitrogen and oxygen atoms in total. The lowest BCUT2D eigenvalue weighted by Gasteiger charge is -2.52. The van der Waals surface area contributed by atoms with E-state index in [4.69, 9.17) is 18.9 Å². The Morgan fingerprint density at radius 3 is 1.24 bits per heavy atom. The molecule has 12 aliphatic rings. The number of carbonyl (C=O) groups excluding carboxylic acids is 1. The van der Waals surface area contributed by atoms with Crippen molar-refractivity contribution in [2.24, 2.45) is 21.7 Å². The zero-order valence-corrected chi connectivity index (χ0v) is 67.0. The fraction of sp³-hybridized carbons (Fsp3) is 0.317. The van der Waals surface area contributed by atoms with Gasteiger partial charge in [0.2, 0.25) is 0 Å². The normalized spacial score (nSPS) is 28.1. The molecular formula is C101H94F4N8O5. The van der Waals surface area contributed by atoms with Crippen LogP contribution in [-0.2, 0) is 49.4 Å². The van der Waals surface area contributed by atoms with Crippen molar-refractivity contribution in [3.8, 4) is 22.7 Å². The van der Waals surface area contributed by atoms with Gasteiger partial charge in [-0.3, -0.25) is 0 Å². The maximum absolute atomic E-state index is 13.4. The van der Waals surface area contributed by atoms with Gasteiger partial charge in [-0.1, -0.05) is 141 Å². The first kappa shape index (κ1) is 75.2. The Morgan fingerprint density at radius 1 is 0.398 bits per heavy atom. The predicted molar refractivity (Wildman–Crippen MR) is 450 cm³/mol. The Kier molecular flexibility index (Phi) is 18.4. The second-order valence-corrected chi connectivity index (χ2v) is 35.3. The number of nitrogens with zero attached hydrogens (tertiary/aromatic N) is 8. The first-order chi connectivity index (χ1) is 57.2. The molecule has 23 rings (SSSR count). The van der Waals surface area contributed by atoms with E-state index in [-0.39, 0.29) is 67.7 Å². The van der Waals surface area contributed by atoms with Gasteiger partial charge >= 0.3 is 5.97 Å². The fourth-order valence-electron chi connectivity index (χ4n) is 22.3. The van der Waals surface area contributed by atoms with Gasteiger partial charge in [-0.2, -0.15) is 20.4 Å². The van der Waals surface area contributed by atoms with Crippen LogP contribution in [0.2, 0.25) is 0 Å². The number of hydrogen-bond donors (Lipinski definition) is 0. The third-order valence-electron chi connectivity index (χ3n) is 29.0. The van der Waals surface area contributed by atoms with Crippen molar-refractivity contribution < 1.29 is 41.3 Å². The Hall–Kier alpha value is -11.5. The summed E-state index contributed by atoms with van der Waals surface area (Å²) in [5, 5.41) is 18.5. The molecular weight excluding hydrogens is 1480 g/mol. The largest absolute Gasteiger partial charge is 0.493 e. The number of fused-ring (bicyclic) bond motifs is 12. The van der Waals surface area contributed by atoms with Crippen molar-refractivity contribution in [1.82, 2.24) is 39.1 Å². The van der Waals surface area contributed by atoms with E-state index in [0.29, 0.717) is 12.5 Å². The SMILES string of the molecule is C[C@]12Cc3cnn(-c4ccc(F)cc4)c3C=C1CCC[C@@]21C=C(c2ccccc2)CO1.C[C@]12Cc3cnn(-c4ccc(F)cc4)c3C=C1CCC[C@@]21CC(c2ccccc2)=CO1.C[C@]12Cc3cnn(-c4ccc(F)cc4)c3C=C1CCC[C@@]21C[C@@H](c2ccccc2)CO1.C[C@]12Cc3cnn(-c4ccc(F)cc4)c3C=C1CC[C@@]21C=CC(=O)O1. The first-order valence-corrected chi connectivity index (χ1v) is 41.8. The summed E-state index contributed by atoms with van der Waals surface area (Å²) in [5.74, 6) is -0.745. The number of halogens is 4. The smallest absolute Gasteiger partial charge is 0.331 e. The average Bonchev–Trinajstić information content (AvgIpc) is 1.47. The quantitative estimate of drug-likeness (QED) is 0.113. The highest BCUT2D eigenvalue weighted by atomic mass is 19.1. The minimum Gasteiger partial charge on any atom is -0.493 e.